The fourth-order valence-electron chi connectivity index (χ4n) is 4.89. The molecule has 0 saturated heterocycles. The molecule has 0 spiro atoms. The third kappa shape index (κ3) is 4.15. The van der Waals surface area contributed by atoms with Crippen LogP contribution < -0.4 is 10.9 Å². The number of anilines is 1. The van der Waals surface area contributed by atoms with Crippen molar-refractivity contribution in [1.82, 2.24) is 19.2 Å². The second-order valence-electron chi connectivity index (χ2n) is 9.48. The van der Waals surface area contributed by atoms with Crippen molar-refractivity contribution in [3.63, 3.8) is 0 Å². The third-order valence-corrected chi connectivity index (χ3v) is 7.80. The zero-order valence-electron chi connectivity index (χ0n) is 20.7. The van der Waals surface area contributed by atoms with E-state index in [4.69, 9.17) is 4.98 Å². The highest BCUT2D eigenvalue weighted by Crippen LogP contribution is 2.42. The van der Waals surface area contributed by atoms with Crippen molar-refractivity contribution in [2.75, 3.05) is 11.1 Å². The number of carbonyl (C=O) groups is 1. The number of nitrogens with one attached hydrogen (secondary N) is 1. The second-order valence-corrected chi connectivity index (χ2v) is 10.4. The number of nitrogens with zero attached hydrogens (tertiary/aromatic N) is 4. The Morgan fingerprint density at radius 2 is 2.06 bits per heavy atom. The summed E-state index contributed by atoms with van der Waals surface area (Å²) in [5.41, 5.74) is 4.98. The molecule has 184 valence electrons. The summed E-state index contributed by atoms with van der Waals surface area (Å²) in [5.74, 6) is 0.407. The van der Waals surface area contributed by atoms with E-state index in [9.17, 15) is 9.59 Å². The fraction of sp³-hybridized carbons (Fsp3) is 0.286. The number of aryl methyl sites for hydroxylation is 1. The minimum atomic E-state index is -0.347. The van der Waals surface area contributed by atoms with Gasteiger partial charge in [0, 0.05) is 16.7 Å². The summed E-state index contributed by atoms with van der Waals surface area (Å²) in [6.45, 7) is 10.5. The Labute approximate surface area is 214 Å². The molecule has 1 amide bonds. The number of carbonyl (C=O) groups excluding carboxylic acids is 1. The predicted octanol–water partition coefficient (Wildman–Crippen LogP) is 5.01. The van der Waals surface area contributed by atoms with E-state index in [2.05, 4.69) is 36.9 Å². The average molecular weight is 500 g/mol. The van der Waals surface area contributed by atoms with Gasteiger partial charge in [0.15, 0.2) is 5.16 Å². The lowest BCUT2D eigenvalue weighted by Crippen LogP contribution is -2.38. The summed E-state index contributed by atoms with van der Waals surface area (Å²) < 4.78 is 3.24. The molecule has 2 aromatic carbocycles. The third-order valence-electron chi connectivity index (χ3n) is 6.87. The number of hydrogen-bond acceptors (Lipinski definition) is 5. The molecule has 2 heterocycles. The molecule has 1 atom stereocenters. The Bertz CT molecular complexity index is 1550. The van der Waals surface area contributed by atoms with Crippen molar-refractivity contribution >= 4 is 29.1 Å². The summed E-state index contributed by atoms with van der Waals surface area (Å²) in [5, 5.41) is 8.03. The van der Waals surface area contributed by atoms with Gasteiger partial charge in [0.2, 0.25) is 11.7 Å². The lowest BCUT2D eigenvalue weighted by Gasteiger charge is -2.35. The first-order valence-corrected chi connectivity index (χ1v) is 13.1. The van der Waals surface area contributed by atoms with Gasteiger partial charge in [0.05, 0.1) is 23.6 Å². The Kier molecular flexibility index (Phi) is 6.30. The summed E-state index contributed by atoms with van der Waals surface area (Å²) in [4.78, 5) is 31.8. The van der Waals surface area contributed by atoms with E-state index >= 15 is 0 Å². The molecule has 4 aromatic rings. The summed E-state index contributed by atoms with van der Waals surface area (Å²) in [7, 11) is 0. The van der Waals surface area contributed by atoms with E-state index in [-0.39, 0.29) is 22.6 Å². The highest BCUT2D eigenvalue weighted by molar-refractivity contribution is 7.99. The molecule has 5 rings (SSSR count). The molecule has 0 bridgehead atoms. The summed E-state index contributed by atoms with van der Waals surface area (Å²) in [6.07, 6.45) is 3.30. The van der Waals surface area contributed by atoms with Crippen molar-refractivity contribution in [2.45, 2.75) is 50.7 Å². The van der Waals surface area contributed by atoms with E-state index in [0.717, 1.165) is 35.3 Å². The van der Waals surface area contributed by atoms with Crippen molar-refractivity contribution in [3.8, 4) is 11.3 Å². The van der Waals surface area contributed by atoms with Crippen LogP contribution in [0.15, 0.2) is 71.1 Å². The van der Waals surface area contributed by atoms with Crippen molar-refractivity contribution in [1.29, 1.82) is 0 Å². The highest BCUT2D eigenvalue weighted by Gasteiger charge is 2.38. The van der Waals surface area contributed by atoms with Crippen LogP contribution in [0.4, 0.5) is 5.69 Å². The maximum Gasteiger partial charge on any atom is 0.265 e. The van der Waals surface area contributed by atoms with Gasteiger partial charge in [-0.3, -0.25) is 9.59 Å². The van der Waals surface area contributed by atoms with E-state index in [1.807, 2.05) is 49.4 Å². The molecule has 0 unspecified atom stereocenters. The van der Waals surface area contributed by atoms with Gasteiger partial charge in [-0.25, -0.2) is 14.1 Å². The van der Waals surface area contributed by atoms with Gasteiger partial charge in [-0.2, -0.15) is 0 Å². The Hall–Kier alpha value is -3.65. The maximum absolute atomic E-state index is 14.1. The zero-order chi connectivity index (χ0) is 25.4. The number of amides is 1. The number of fused-ring (bicyclic) bond motifs is 4. The van der Waals surface area contributed by atoms with Gasteiger partial charge in [-0.15, -0.1) is 11.7 Å². The number of aromatic nitrogens is 4. The molecular formula is C28H29N5O2S. The molecule has 0 aliphatic heterocycles. The summed E-state index contributed by atoms with van der Waals surface area (Å²) in [6, 6.07) is 15.8. The van der Waals surface area contributed by atoms with E-state index in [0.29, 0.717) is 23.0 Å². The minimum Gasteiger partial charge on any atom is -0.325 e. The molecule has 1 aliphatic rings. The molecule has 8 heteroatoms. The first-order chi connectivity index (χ1) is 17.3. The highest BCUT2D eigenvalue weighted by atomic mass is 32.2. The van der Waals surface area contributed by atoms with Crippen LogP contribution in [0.1, 0.15) is 37.0 Å². The molecule has 0 saturated carbocycles. The van der Waals surface area contributed by atoms with Crippen LogP contribution in [0.25, 0.3) is 17.0 Å². The molecule has 0 fully saturated rings. The van der Waals surface area contributed by atoms with Gasteiger partial charge in [0.25, 0.3) is 5.56 Å². The van der Waals surface area contributed by atoms with Crippen LogP contribution in [-0.2, 0) is 23.2 Å². The first-order valence-electron chi connectivity index (χ1n) is 12.1. The Morgan fingerprint density at radius 3 is 2.81 bits per heavy atom. The van der Waals surface area contributed by atoms with Crippen LogP contribution in [0, 0.1) is 6.92 Å². The van der Waals surface area contributed by atoms with Crippen LogP contribution in [0.2, 0.25) is 0 Å². The quantitative estimate of drug-likeness (QED) is 0.286. The van der Waals surface area contributed by atoms with E-state index in [1.54, 1.807) is 15.2 Å². The fourth-order valence-corrected chi connectivity index (χ4v) is 5.67. The number of thioether (sulfide) groups is 1. The van der Waals surface area contributed by atoms with Crippen LogP contribution in [0.5, 0.6) is 0 Å². The largest absolute Gasteiger partial charge is 0.325 e. The molecule has 2 aromatic heterocycles. The van der Waals surface area contributed by atoms with Gasteiger partial charge in [-0.05, 0) is 43.0 Å². The standard InChI is InChI=1S/C28H29N5O2S/c1-5-14-32-26-30-24-21-13-8-7-11-19(21)16-28(4,6-2)23(24)25(35)33(26)27(31-32)36-17-22(34)29-20-12-9-10-18(3)15-20/h5,7-13,15H,1,6,14,16-17H2,2-4H3,(H,29,34)/t28-/m1/s1. The van der Waals surface area contributed by atoms with Gasteiger partial charge in [-0.1, -0.05) is 68.1 Å². The molecule has 1 aliphatic carbocycles. The second kappa shape index (κ2) is 9.43. The normalized spacial score (nSPS) is 16.4. The molecule has 1 N–H and O–H groups in total. The number of rotatable bonds is 7. The van der Waals surface area contributed by atoms with Crippen molar-refractivity contribution in [2.24, 2.45) is 0 Å². The van der Waals surface area contributed by atoms with Gasteiger partial charge < -0.3 is 5.32 Å². The number of hydrogen-bond donors (Lipinski definition) is 1. The Balaban J connectivity index is 1.58. The lowest BCUT2D eigenvalue weighted by atomic mass is 9.69. The van der Waals surface area contributed by atoms with Crippen molar-refractivity contribution in [3.05, 3.63) is 88.2 Å². The topological polar surface area (TPSA) is 81.3 Å². The monoisotopic (exact) mass is 499 g/mol. The predicted molar refractivity (Wildman–Crippen MR) is 145 cm³/mol. The first kappa shape index (κ1) is 24.1. The van der Waals surface area contributed by atoms with Crippen molar-refractivity contribution < 1.29 is 4.79 Å². The van der Waals surface area contributed by atoms with Gasteiger partial charge >= 0.3 is 0 Å². The number of benzene rings is 2. The summed E-state index contributed by atoms with van der Waals surface area (Å²) >= 11 is 1.23. The SMILES string of the molecule is C=CCn1nc(SCC(=O)Nc2cccc(C)c2)n2c(=O)c3c(nc12)-c1ccccc1C[C@@]3(C)CC. The van der Waals surface area contributed by atoms with E-state index in [1.165, 1.54) is 17.3 Å². The maximum atomic E-state index is 14.1. The Morgan fingerprint density at radius 1 is 1.25 bits per heavy atom. The average Bonchev–Trinajstić information content (AvgIpc) is 3.20. The van der Waals surface area contributed by atoms with Crippen LogP contribution in [0.3, 0.4) is 0 Å². The van der Waals surface area contributed by atoms with Crippen LogP contribution >= 0.6 is 11.8 Å². The molecular weight excluding hydrogens is 470 g/mol. The molecule has 7 nitrogen and oxygen atoms in total. The molecule has 36 heavy (non-hydrogen) atoms. The van der Waals surface area contributed by atoms with Crippen LogP contribution in [-0.4, -0.2) is 30.8 Å². The smallest absolute Gasteiger partial charge is 0.265 e. The van der Waals surface area contributed by atoms with Gasteiger partial charge in [0.1, 0.15) is 0 Å². The minimum absolute atomic E-state index is 0.117. The lowest BCUT2D eigenvalue weighted by molar-refractivity contribution is -0.113. The zero-order valence-corrected chi connectivity index (χ0v) is 21.6. The number of allylic oxidation sites excluding steroid dienone is 1. The van der Waals surface area contributed by atoms with E-state index < -0.39 is 0 Å². The molecule has 0 radical (unpaired) electrons.